The first-order valence-electron chi connectivity index (χ1n) is 6.99. The van der Waals surface area contributed by atoms with E-state index in [4.69, 9.17) is 16.3 Å². The summed E-state index contributed by atoms with van der Waals surface area (Å²) in [5.41, 5.74) is 0.792. The van der Waals surface area contributed by atoms with Gasteiger partial charge in [0.05, 0.1) is 5.56 Å². The average Bonchev–Trinajstić information content (AvgIpc) is 2.53. The number of halogens is 2. The molecule has 1 amide bonds. The van der Waals surface area contributed by atoms with Gasteiger partial charge in [0.2, 0.25) is 0 Å². The molecule has 0 aromatic heterocycles. The van der Waals surface area contributed by atoms with Gasteiger partial charge >= 0.3 is 5.97 Å². The molecule has 0 bridgehead atoms. The number of rotatable bonds is 6. The second-order valence-electron chi connectivity index (χ2n) is 4.79. The predicted molar refractivity (Wildman–Crippen MR) is 84.8 cm³/mol. The molecule has 0 aliphatic heterocycles. The summed E-state index contributed by atoms with van der Waals surface area (Å²) in [6.45, 7) is -0.0703. The van der Waals surface area contributed by atoms with Gasteiger partial charge in [-0.1, -0.05) is 35.9 Å². The van der Waals surface area contributed by atoms with Crippen molar-refractivity contribution in [2.45, 2.75) is 6.42 Å². The third-order valence-corrected chi connectivity index (χ3v) is 3.29. The maximum absolute atomic E-state index is 13.4. The maximum Gasteiger partial charge on any atom is 0.341 e. The number of hydrogen-bond acceptors (Lipinski definition) is 3. The number of nitrogens with one attached hydrogen (secondary N) is 1. The van der Waals surface area contributed by atoms with Crippen LogP contribution >= 0.6 is 11.6 Å². The van der Waals surface area contributed by atoms with Crippen molar-refractivity contribution in [3.05, 3.63) is 70.5 Å². The zero-order chi connectivity index (χ0) is 16.7. The molecule has 2 rings (SSSR count). The topological polar surface area (TPSA) is 55.4 Å². The first-order chi connectivity index (χ1) is 11.1. The number of esters is 1. The summed E-state index contributed by atoms with van der Waals surface area (Å²) in [6, 6.07) is 12.7. The van der Waals surface area contributed by atoms with Crippen LogP contribution in [0.3, 0.4) is 0 Å². The van der Waals surface area contributed by atoms with Crippen molar-refractivity contribution in [2.24, 2.45) is 0 Å². The van der Waals surface area contributed by atoms with Crippen LogP contribution in [0, 0.1) is 5.82 Å². The van der Waals surface area contributed by atoms with Crippen molar-refractivity contribution in [2.75, 3.05) is 13.2 Å². The molecule has 6 heteroatoms. The molecular weight excluding hydrogens is 321 g/mol. The Bertz CT molecular complexity index is 706. The van der Waals surface area contributed by atoms with Gasteiger partial charge in [0, 0.05) is 11.6 Å². The van der Waals surface area contributed by atoms with E-state index in [1.54, 1.807) is 6.07 Å². The number of carbonyl (C=O) groups excluding carboxylic acids is 2. The molecule has 2 aromatic carbocycles. The Morgan fingerprint density at radius 3 is 2.65 bits per heavy atom. The van der Waals surface area contributed by atoms with Crippen LogP contribution in [0.1, 0.15) is 15.9 Å². The molecule has 0 fully saturated rings. The fourth-order valence-electron chi connectivity index (χ4n) is 1.93. The SMILES string of the molecule is O=C(COC(=O)c1ccccc1F)NCCc1cccc(Cl)c1. The third-order valence-electron chi connectivity index (χ3n) is 3.05. The van der Waals surface area contributed by atoms with Gasteiger partial charge in [-0.05, 0) is 36.2 Å². The van der Waals surface area contributed by atoms with E-state index in [1.165, 1.54) is 18.2 Å². The minimum absolute atomic E-state index is 0.195. The highest BCUT2D eigenvalue weighted by Crippen LogP contribution is 2.10. The van der Waals surface area contributed by atoms with Gasteiger partial charge in [-0.25, -0.2) is 9.18 Å². The molecular formula is C17H15ClFNO3. The van der Waals surface area contributed by atoms with E-state index < -0.39 is 24.3 Å². The summed E-state index contributed by atoms with van der Waals surface area (Å²) in [5, 5.41) is 3.25. The standard InChI is InChI=1S/C17H15ClFNO3/c18-13-5-3-4-12(10-13)8-9-20-16(21)11-23-17(22)14-6-1-2-7-15(14)19/h1-7,10H,8-9,11H2,(H,20,21). The lowest BCUT2D eigenvalue weighted by atomic mass is 10.1. The van der Waals surface area contributed by atoms with Crippen LogP contribution in [-0.4, -0.2) is 25.0 Å². The van der Waals surface area contributed by atoms with Crippen molar-refractivity contribution >= 4 is 23.5 Å². The van der Waals surface area contributed by atoms with Crippen LogP contribution in [0.4, 0.5) is 4.39 Å². The van der Waals surface area contributed by atoms with Crippen LogP contribution < -0.4 is 5.32 Å². The van der Waals surface area contributed by atoms with Crippen LogP contribution in [0.15, 0.2) is 48.5 Å². The van der Waals surface area contributed by atoms with Gasteiger partial charge in [0.25, 0.3) is 5.91 Å². The predicted octanol–water partition coefficient (Wildman–Crippen LogP) is 2.99. The molecule has 0 saturated carbocycles. The Hall–Kier alpha value is -2.40. The fourth-order valence-corrected chi connectivity index (χ4v) is 2.14. The third kappa shape index (κ3) is 5.38. The van der Waals surface area contributed by atoms with Crippen LogP contribution in [0.25, 0.3) is 0 Å². The normalized spacial score (nSPS) is 10.2. The van der Waals surface area contributed by atoms with Gasteiger partial charge in [0.15, 0.2) is 6.61 Å². The molecule has 0 saturated heterocycles. The first kappa shape index (κ1) is 17.0. The molecule has 0 radical (unpaired) electrons. The lowest BCUT2D eigenvalue weighted by molar-refractivity contribution is -0.124. The fraction of sp³-hybridized carbons (Fsp3) is 0.176. The maximum atomic E-state index is 13.4. The van der Waals surface area contributed by atoms with E-state index in [0.717, 1.165) is 11.6 Å². The summed E-state index contributed by atoms with van der Waals surface area (Å²) >= 11 is 5.87. The molecule has 0 aliphatic carbocycles. The molecule has 4 nitrogen and oxygen atoms in total. The average molecular weight is 336 g/mol. The summed E-state index contributed by atoms with van der Waals surface area (Å²) in [5.74, 6) is -2.00. The Labute approximate surface area is 138 Å². The minimum Gasteiger partial charge on any atom is -0.452 e. The Morgan fingerprint density at radius 2 is 1.91 bits per heavy atom. The largest absolute Gasteiger partial charge is 0.452 e. The van der Waals surface area contributed by atoms with Gasteiger partial charge < -0.3 is 10.1 Å². The Kier molecular flexibility index (Phi) is 6.11. The molecule has 2 aromatic rings. The second-order valence-corrected chi connectivity index (χ2v) is 5.22. The van der Waals surface area contributed by atoms with Crippen molar-refractivity contribution in [3.63, 3.8) is 0 Å². The number of amides is 1. The van der Waals surface area contributed by atoms with E-state index in [1.807, 2.05) is 18.2 Å². The first-order valence-corrected chi connectivity index (χ1v) is 7.37. The van der Waals surface area contributed by atoms with Crippen LogP contribution in [0.2, 0.25) is 5.02 Å². The molecule has 0 heterocycles. The highest BCUT2D eigenvalue weighted by Gasteiger charge is 2.13. The summed E-state index contributed by atoms with van der Waals surface area (Å²) < 4.78 is 18.2. The number of carbonyl (C=O) groups is 2. The highest BCUT2D eigenvalue weighted by molar-refractivity contribution is 6.30. The van der Waals surface area contributed by atoms with Crippen molar-refractivity contribution in [3.8, 4) is 0 Å². The van der Waals surface area contributed by atoms with E-state index in [0.29, 0.717) is 18.0 Å². The minimum atomic E-state index is -0.868. The Balaban J connectivity index is 1.73. The van der Waals surface area contributed by atoms with E-state index >= 15 is 0 Å². The molecule has 0 unspecified atom stereocenters. The second kappa shape index (κ2) is 8.29. The van der Waals surface area contributed by atoms with E-state index in [-0.39, 0.29) is 5.56 Å². The lowest BCUT2D eigenvalue weighted by Crippen LogP contribution is -2.30. The monoisotopic (exact) mass is 335 g/mol. The van der Waals surface area contributed by atoms with Gasteiger partial charge in [-0.15, -0.1) is 0 Å². The Morgan fingerprint density at radius 1 is 1.13 bits per heavy atom. The van der Waals surface area contributed by atoms with Crippen molar-refractivity contribution < 1.29 is 18.7 Å². The zero-order valence-electron chi connectivity index (χ0n) is 12.2. The lowest BCUT2D eigenvalue weighted by Gasteiger charge is -2.07. The summed E-state index contributed by atoms with van der Waals surface area (Å²) in [4.78, 5) is 23.3. The molecule has 0 aliphatic rings. The highest BCUT2D eigenvalue weighted by atomic mass is 35.5. The van der Waals surface area contributed by atoms with Crippen LogP contribution in [0.5, 0.6) is 0 Å². The quantitative estimate of drug-likeness (QED) is 0.826. The number of ether oxygens (including phenoxy) is 1. The van der Waals surface area contributed by atoms with Gasteiger partial charge in [-0.2, -0.15) is 0 Å². The number of benzene rings is 2. The number of hydrogen-bond donors (Lipinski definition) is 1. The molecule has 1 N–H and O–H groups in total. The van der Waals surface area contributed by atoms with Gasteiger partial charge in [0.1, 0.15) is 5.82 Å². The molecule has 0 atom stereocenters. The van der Waals surface area contributed by atoms with Crippen LogP contribution in [-0.2, 0) is 16.0 Å². The van der Waals surface area contributed by atoms with Crippen molar-refractivity contribution in [1.29, 1.82) is 0 Å². The summed E-state index contributed by atoms with van der Waals surface area (Å²) in [6.07, 6.45) is 0.605. The summed E-state index contributed by atoms with van der Waals surface area (Å²) in [7, 11) is 0. The van der Waals surface area contributed by atoms with E-state index in [2.05, 4.69) is 5.32 Å². The van der Waals surface area contributed by atoms with Crippen molar-refractivity contribution in [1.82, 2.24) is 5.32 Å². The molecule has 120 valence electrons. The smallest absolute Gasteiger partial charge is 0.341 e. The van der Waals surface area contributed by atoms with Gasteiger partial charge in [-0.3, -0.25) is 4.79 Å². The van der Waals surface area contributed by atoms with E-state index in [9.17, 15) is 14.0 Å². The molecule has 0 spiro atoms. The zero-order valence-corrected chi connectivity index (χ0v) is 13.0. The molecule has 23 heavy (non-hydrogen) atoms.